The molecule has 0 aliphatic rings. The highest BCUT2D eigenvalue weighted by atomic mass is 16.5. The topological polar surface area (TPSA) is 111 Å². The van der Waals surface area contributed by atoms with Gasteiger partial charge in [-0.3, -0.25) is 4.79 Å². The van der Waals surface area contributed by atoms with Crippen LogP contribution in [0.5, 0.6) is 0 Å². The van der Waals surface area contributed by atoms with Gasteiger partial charge in [-0.15, -0.1) is 0 Å². The molecule has 8 nitrogen and oxygen atoms in total. The highest BCUT2D eigenvalue weighted by Gasteiger charge is 2.11. The van der Waals surface area contributed by atoms with Crippen molar-refractivity contribution in [2.24, 2.45) is 0 Å². The number of hydrogen-bond donors (Lipinski definition) is 3. The number of nitrogens with one attached hydrogen (secondary N) is 2. The average Bonchev–Trinajstić information content (AvgIpc) is 2.77. The number of carbonyl (C=O) groups is 2. The zero-order chi connectivity index (χ0) is 15.0. The summed E-state index contributed by atoms with van der Waals surface area (Å²) in [6, 6.07) is 0. The highest BCUT2D eigenvalue weighted by Crippen LogP contribution is 2.16. The van der Waals surface area contributed by atoms with Gasteiger partial charge in [0.25, 0.3) is 0 Å². The number of aryl methyl sites for hydroxylation is 1. The monoisotopic (exact) mass is 283 g/mol. The molecule has 0 saturated heterocycles. The van der Waals surface area contributed by atoms with Crippen molar-refractivity contribution in [2.75, 3.05) is 24.2 Å². The minimum Gasteiger partial charge on any atom is -0.450 e. The van der Waals surface area contributed by atoms with E-state index in [0.717, 1.165) is 12.8 Å². The lowest BCUT2D eigenvalue weighted by molar-refractivity contribution is -0.115. The fourth-order valence-corrected chi connectivity index (χ4v) is 1.45. The smallest absolute Gasteiger partial charge is 0.407 e. The van der Waals surface area contributed by atoms with E-state index in [9.17, 15) is 9.59 Å². The van der Waals surface area contributed by atoms with E-state index in [1.807, 2.05) is 13.8 Å². The number of unbranched alkanes of at least 4 members (excludes halogenated alkanes) is 1. The van der Waals surface area contributed by atoms with Crippen LogP contribution in [0.15, 0.2) is 6.20 Å². The Morgan fingerprint density at radius 2 is 2.20 bits per heavy atom. The zero-order valence-electron chi connectivity index (χ0n) is 11.8. The Kier molecular flexibility index (Phi) is 6.34. The molecule has 1 heterocycles. The van der Waals surface area contributed by atoms with Gasteiger partial charge in [-0.1, -0.05) is 13.3 Å². The van der Waals surface area contributed by atoms with Gasteiger partial charge >= 0.3 is 6.09 Å². The van der Waals surface area contributed by atoms with E-state index in [1.54, 1.807) is 4.68 Å². The molecular weight excluding hydrogens is 262 g/mol. The molecule has 8 heteroatoms. The van der Waals surface area contributed by atoms with Gasteiger partial charge in [-0.25, -0.2) is 9.48 Å². The maximum absolute atomic E-state index is 11.6. The third kappa shape index (κ3) is 4.79. The van der Waals surface area contributed by atoms with Gasteiger partial charge in [0.15, 0.2) is 0 Å². The minimum absolute atomic E-state index is 0.179. The summed E-state index contributed by atoms with van der Waals surface area (Å²) in [4.78, 5) is 22.9. The first-order valence-corrected chi connectivity index (χ1v) is 6.60. The summed E-state index contributed by atoms with van der Waals surface area (Å²) >= 11 is 0. The van der Waals surface area contributed by atoms with Gasteiger partial charge in [0, 0.05) is 6.54 Å². The van der Waals surface area contributed by atoms with Gasteiger partial charge in [0.2, 0.25) is 5.91 Å². The van der Waals surface area contributed by atoms with Crippen LogP contribution in [0, 0.1) is 0 Å². The van der Waals surface area contributed by atoms with E-state index in [2.05, 4.69) is 15.7 Å². The van der Waals surface area contributed by atoms with E-state index in [0.29, 0.717) is 24.7 Å². The second-order valence-corrected chi connectivity index (χ2v) is 4.15. The predicted molar refractivity (Wildman–Crippen MR) is 75.2 cm³/mol. The van der Waals surface area contributed by atoms with E-state index in [4.69, 9.17) is 10.5 Å². The molecule has 2 amide bonds. The van der Waals surface area contributed by atoms with Crippen molar-refractivity contribution >= 4 is 23.5 Å². The number of alkyl carbamates (subject to hydrolysis) is 1. The number of aromatic nitrogens is 2. The number of nitrogen functional groups attached to an aromatic ring is 1. The molecule has 0 radical (unpaired) electrons. The Labute approximate surface area is 117 Å². The second-order valence-electron chi connectivity index (χ2n) is 4.15. The lowest BCUT2D eigenvalue weighted by atomic mass is 10.4. The van der Waals surface area contributed by atoms with Crippen molar-refractivity contribution in [1.82, 2.24) is 15.1 Å². The Hall–Kier alpha value is -2.25. The Morgan fingerprint density at radius 1 is 1.45 bits per heavy atom. The number of rotatable bonds is 7. The maximum Gasteiger partial charge on any atom is 0.407 e. The van der Waals surface area contributed by atoms with Crippen LogP contribution in [-0.2, 0) is 16.1 Å². The van der Waals surface area contributed by atoms with Gasteiger partial charge < -0.3 is 21.1 Å². The van der Waals surface area contributed by atoms with Crippen LogP contribution < -0.4 is 16.4 Å². The lowest BCUT2D eigenvalue weighted by Crippen LogP contribution is -2.33. The molecule has 0 atom stereocenters. The Balaban J connectivity index is 2.33. The summed E-state index contributed by atoms with van der Waals surface area (Å²) in [7, 11) is 0. The summed E-state index contributed by atoms with van der Waals surface area (Å²) < 4.78 is 6.41. The van der Waals surface area contributed by atoms with Gasteiger partial charge in [-0.05, 0) is 13.3 Å². The van der Waals surface area contributed by atoms with E-state index < -0.39 is 6.09 Å². The Bertz CT molecular complexity index is 458. The Morgan fingerprint density at radius 3 is 2.80 bits per heavy atom. The average molecular weight is 283 g/mol. The van der Waals surface area contributed by atoms with Crippen LogP contribution in [0.2, 0.25) is 0 Å². The van der Waals surface area contributed by atoms with Crippen LogP contribution in [0.4, 0.5) is 16.3 Å². The van der Waals surface area contributed by atoms with Crippen molar-refractivity contribution in [3.63, 3.8) is 0 Å². The van der Waals surface area contributed by atoms with Crippen LogP contribution >= 0.6 is 0 Å². The normalized spacial score (nSPS) is 10.1. The SMILES string of the molecule is CCCCOC(=O)NCC(=O)Nc1cnn(CC)c1N. The standard InChI is InChI=1S/C12H21N5O3/c1-3-5-6-20-12(19)14-8-10(18)16-9-7-15-17(4-2)11(9)13/h7H,3-6,8,13H2,1-2H3,(H,14,19)(H,16,18). The number of nitrogens with two attached hydrogens (primary N) is 1. The molecule has 0 aromatic carbocycles. The van der Waals surface area contributed by atoms with Gasteiger partial charge in [-0.2, -0.15) is 5.10 Å². The zero-order valence-corrected chi connectivity index (χ0v) is 11.8. The van der Waals surface area contributed by atoms with Crippen LogP contribution in [0.25, 0.3) is 0 Å². The molecule has 0 spiro atoms. The van der Waals surface area contributed by atoms with E-state index >= 15 is 0 Å². The quantitative estimate of drug-likeness (QED) is 0.645. The molecule has 0 saturated carbocycles. The highest BCUT2D eigenvalue weighted by molar-refractivity contribution is 5.95. The summed E-state index contributed by atoms with van der Waals surface area (Å²) in [5.74, 6) is -0.00818. The number of anilines is 2. The van der Waals surface area contributed by atoms with Gasteiger partial charge in [0.05, 0.1) is 12.8 Å². The summed E-state index contributed by atoms with van der Waals surface area (Å²) in [6.07, 6.45) is 2.60. The molecule has 0 unspecified atom stereocenters. The molecule has 0 bridgehead atoms. The molecular formula is C12H21N5O3. The van der Waals surface area contributed by atoms with Crippen LogP contribution in [0.1, 0.15) is 26.7 Å². The number of nitrogens with zero attached hydrogens (tertiary/aromatic N) is 2. The molecule has 1 aromatic rings. The third-order valence-corrected chi connectivity index (χ3v) is 2.58. The van der Waals surface area contributed by atoms with E-state index in [1.165, 1.54) is 6.20 Å². The fraction of sp³-hybridized carbons (Fsp3) is 0.583. The first kappa shape index (κ1) is 15.8. The minimum atomic E-state index is -0.606. The van der Waals surface area contributed by atoms with Crippen LogP contribution in [-0.4, -0.2) is 34.9 Å². The number of carbonyl (C=O) groups excluding carboxylic acids is 2. The number of ether oxygens (including phenoxy) is 1. The predicted octanol–water partition coefficient (Wildman–Crippen LogP) is 0.950. The largest absolute Gasteiger partial charge is 0.450 e. The molecule has 0 aliphatic carbocycles. The van der Waals surface area contributed by atoms with Gasteiger partial charge in [0.1, 0.15) is 18.1 Å². The maximum atomic E-state index is 11.6. The lowest BCUT2D eigenvalue weighted by Gasteiger charge is -2.07. The molecule has 1 aromatic heterocycles. The van der Waals surface area contributed by atoms with E-state index in [-0.39, 0.29) is 12.5 Å². The summed E-state index contributed by atoms with van der Waals surface area (Å²) in [5, 5.41) is 8.93. The van der Waals surface area contributed by atoms with Crippen molar-refractivity contribution in [3.8, 4) is 0 Å². The van der Waals surface area contributed by atoms with Crippen molar-refractivity contribution in [1.29, 1.82) is 0 Å². The molecule has 112 valence electrons. The molecule has 1 rings (SSSR count). The molecule has 0 fully saturated rings. The van der Waals surface area contributed by atoms with Crippen molar-refractivity contribution < 1.29 is 14.3 Å². The first-order valence-electron chi connectivity index (χ1n) is 6.60. The molecule has 20 heavy (non-hydrogen) atoms. The summed E-state index contributed by atoms with van der Waals surface area (Å²) in [5.41, 5.74) is 6.20. The second kappa shape index (κ2) is 8.03. The van der Waals surface area contributed by atoms with Crippen LogP contribution in [0.3, 0.4) is 0 Å². The fourth-order valence-electron chi connectivity index (χ4n) is 1.45. The first-order chi connectivity index (χ1) is 9.58. The number of amides is 2. The van der Waals surface area contributed by atoms with Crippen molar-refractivity contribution in [2.45, 2.75) is 33.2 Å². The molecule has 4 N–H and O–H groups in total. The molecule has 0 aliphatic heterocycles. The van der Waals surface area contributed by atoms with Crippen molar-refractivity contribution in [3.05, 3.63) is 6.20 Å². The summed E-state index contributed by atoms with van der Waals surface area (Å²) in [6.45, 7) is 4.67. The number of hydrogen-bond acceptors (Lipinski definition) is 5. The third-order valence-electron chi connectivity index (χ3n) is 2.58.